The van der Waals surface area contributed by atoms with Crippen LogP contribution in [0.15, 0.2) is 0 Å². The third-order valence-corrected chi connectivity index (χ3v) is 5.09. The molecule has 2 unspecified atom stereocenters. The van der Waals surface area contributed by atoms with Crippen LogP contribution in [0, 0.1) is 11.8 Å². The van der Waals surface area contributed by atoms with E-state index in [0.717, 1.165) is 31.2 Å². The van der Waals surface area contributed by atoms with E-state index >= 15 is 0 Å². The maximum atomic E-state index is 10.6. The highest BCUT2D eigenvalue weighted by Gasteiger charge is 2.30. The van der Waals surface area contributed by atoms with Crippen LogP contribution < -0.4 is 5.32 Å². The van der Waals surface area contributed by atoms with Crippen molar-refractivity contribution >= 4 is 0 Å². The lowest BCUT2D eigenvalue weighted by Crippen LogP contribution is -2.46. The van der Waals surface area contributed by atoms with Gasteiger partial charge in [0.2, 0.25) is 0 Å². The van der Waals surface area contributed by atoms with Crippen molar-refractivity contribution in [3.63, 3.8) is 0 Å². The molecule has 2 saturated carbocycles. The van der Waals surface area contributed by atoms with Crippen molar-refractivity contribution in [1.82, 2.24) is 5.32 Å². The summed E-state index contributed by atoms with van der Waals surface area (Å²) in [5, 5.41) is 14.2. The zero-order valence-electron chi connectivity index (χ0n) is 13.0. The van der Waals surface area contributed by atoms with Crippen molar-refractivity contribution < 1.29 is 5.11 Å². The van der Waals surface area contributed by atoms with Gasteiger partial charge in [-0.25, -0.2) is 0 Å². The minimum absolute atomic E-state index is 0.400. The zero-order valence-corrected chi connectivity index (χ0v) is 13.0. The summed E-state index contributed by atoms with van der Waals surface area (Å²) in [7, 11) is 0. The van der Waals surface area contributed by atoms with E-state index in [1.54, 1.807) is 0 Å². The molecular weight excluding hydrogens is 234 g/mol. The molecule has 2 rings (SSSR count). The lowest BCUT2D eigenvalue weighted by Gasteiger charge is -2.36. The van der Waals surface area contributed by atoms with Crippen molar-refractivity contribution in [2.75, 3.05) is 6.54 Å². The summed E-state index contributed by atoms with van der Waals surface area (Å²) in [6, 6.07) is 0.656. The molecule has 0 aromatic rings. The molecule has 0 heterocycles. The third-order valence-electron chi connectivity index (χ3n) is 5.09. The normalized spacial score (nSPS) is 31.6. The summed E-state index contributed by atoms with van der Waals surface area (Å²) in [6.07, 6.45) is 12.5. The molecule has 2 nitrogen and oxygen atoms in total. The van der Waals surface area contributed by atoms with Gasteiger partial charge < -0.3 is 10.4 Å². The van der Waals surface area contributed by atoms with Gasteiger partial charge in [-0.05, 0) is 43.9 Å². The molecule has 0 spiro atoms. The van der Waals surface area contributed by atoms with Crippen molar-refractivity contribution in [2.24, 2.45) is 11.8 Å². The molecule has 0 bridgehead atoms. The lowest BCUT2D eigenvalue weighted by molar-refractivity contribution is 0.000852. The molecule has 2 N–H and O–H groups in total. The van der Waals surface area contributed by atoms with E-state index in [2.05, 4.69) is 19.2 Å². The van der Waals surface area contributed by atoms with Gasteiger partial charge in [0.15, 0.2) is 0 Å². The van der Waals surface area contributed by atoms with E-state index in [0.29, 0.717) is 6.04 Å². The Labute approximate surface area is 119 Å². The number of hydrogen-bond donors (Lipinski definition) is 2. The van der Waals surface area contributed by atoms with Crippen LogP contribution in [0.4, 0.5) is 0 Å². The van der Waals surface area contributed by atoms with E-state index in [4.69, 9.17) is 0 Å². The van der Waals surface area contributed by atoms with Gasteiger partial charge in [-0.3, -0.25) is 0 Å². The largest absolute Gasteiger partial charge is 0.389 e. The van der Waals surface area contributed by atoms with E-state index in [1.165, 1.54) is 51.4 Å². The van der Waals surface area contributed by atoms with Gasteiger partial charge >= 0.3 is 0 Å². The molecule has 2 aliphatic rings. The smallest absolute Gasteiger partial charge is 0.0771 e. The molecule has 112 valence electrons. The second-order valence-corrected chi connectivity index (χ2v) is 7.53. The quantitative estimate of drug-likeness (QED) is 0.792. The highest BCUT2D eigenvalue weighted by Crippen LogP contribution is 2.31. The summed E-state index contributed by atoms with van der Waals surface area (Å²) >= 11 is 0. The van der Waals surface area contributed by atoms with Gasteiger partial charge in [0.25, 0.3) is 0 Å². The second kappa shape index (κ2) is 7.08. The van der Waals surface area contributed by atoms with Crippen LogP contribution in [-0.2, 0) is 0 Å². The fourth-order valence-corrected chi connectivity index (χ4v) is 4.08. The number of nitrogens with one attached hydrogen (secondary N) is 1. The average molecular weight is 267 g/mol. The Kier molecular flexibility index (Phi) is 5.70. The van der Waals surface area contributed by atoms with Crippen LogP contribution >= 0.6 is 0 Å². The molecule has 2 aliphatic carbocycles. The van der Waals surface area contributed by atoms with Crippen molar-refractivity contribution in [3.05, 3.63) is 0 Å². The average Bonchev–Trinajstić information content (AvgIpc) is 2.37. The number of rotatable bonds is 5. The second-order valence-electron chi connectivity index (χ2n) is 7.53. The SMILES string of the molecule is CC(C)CC1CCCC(NCC2(O)CCCCC2)C1. The molecule has 2 atom stereocenters. The Bertz CT molecular complexity index is 258. The minimum atomic E-state index is -0.400. The Hall–Kier alpha value is -0.0800. The van der Waals surface area contributed by atoms with Crippen LogP contribution in [0.5, 0.6) is 0 Å². The van der Waals surface area contributed by atoms with Gasteiger partial charge in [0, 0.05) is 12.6 Å². The Morgan fingerprint density at radius 3 is 2.53 bits per heavy atom. The maximum absolute atomic E-state index is 10.6. The van der Waals surface area contributed by atoms with E-state index in [1.807, 2.05) is 0 Å². The van der Waals surface area contributed by atoms with Gasteiger partial charge in [-0.1, -0.05) is 46.0 Å². The lowest BCUT2D eigenvalue weighted by atomic mass is 9.80. The summed E-state index contributed by atoms with van der Waals surface area (Å²) in [5.41, 5.74) is -0.400. The number of aliphatic hydroxyl groups is 1. The first-order chi connectivity index (χ1) is 9.07. The first-order valence-corrected chi connectivity index (χ1v) is 8.53. The molecule has 0 aliphatic heterocycles. The molecule has 19 heavy (non-hydrogen) atoms. The van der Waals surface area contributed by atoms with Crippen LogP contribution in [-0.4, -0.2) is 23.3 Å². The Balaban J connectivity index is 1.72. The first-order valence-electron chi connectivity index (χ1n) is 8.53. The molecule has 0 saturated heterocycles. The molecule has 0 aromatic carbocycles. The van der Waals surface area contributed by atoms with Crippen LogP contribution in [0.1, 0.15) is 78.1 Å². The first kappa shape index (κ1) is 15.3. The highest BCUT2D eigenvalue weighted by molar-refractivity contribution is 4.87. The molecule has 0 radical (unpaired) electrons. The van der Waals surface area contributed by atoms with Gasteiger partial charge in [0.05, 0.1) is 5.60 Å². The molecular formula is C17H33NO. The Morgan fingerprint density at radius 1 is 1.11 bits per heavy atom. The molecule has 2 heteroatoms. The number of hydrogen-bond acceptors (Lipinski definition) is 2. The summed E-state index contributed by atoms with van der Waals surface area (Å²) < 4.78 is 0. The minimum Gasteiger partial charge on any atom is -0.389 e. The van der Waals surface area contributed by atoms with Gasteiger partial charge in [-0.2, -0.15) is 0 Å². The van der Waals surface area contributed by atoms with Gasteiger partial charge in [-0.15, -0.1) is 0 Å². The van der Waals surface area contributed by atoms with E-state index < -0.39 is 5.60 Å². The van der Waals surface area contributed by atoms with Crippen molar-refractivity contribution in [2.45, 2.75) is 89.7 Å². The highest BCUT2D eigenvalue weighted by atomic mass is 16.3. The van der Waals surface area contributed by atoms with E-state index in [-0.39, 0.29) is 0 Å². The van der Waals surface area contributed by atoms with E-state index in [9.17, 15) is 5.11 Å². The van der Waals surface area contributed by atoms with Crippen molar-refractivity contribution in [1.29, 1.82) is 0 Å². The maximum Gasteiger partial charge on any atom is 0.0771 e. The fourth-order valence-electron chi connectivity index (χ4n) is 4.08. The molecule has 0 aromatic heterocycles. The third kappa shape index (κ3) is 5.07. The van der Waals surface area contributed by atoms with Crippen molar-refractivity contribution in [3.8, 4) is 0 Å². The zero-order chi connectivity index (χ0) is 13.7. The topological polar surface area (TPSA) is 32.3 Å². The monoisotopic (exact) mass is 267 g/mol. The molecule has 0 amide bonds. The fraction of sp³-hybridized carbons (Fsp3) is 1.00. The Morgan fingerprint density at radius 2 is 1.84 bits per heavy atom. The molecule has 2 fully saturated rings. The van der Waals surface area contributed by atoms with Crippen LogP contribution in [0.25, 0.3) is 0 Å². The van der Waals surface area contributed by atoms with Crippen LogP contribution in [0.3, 0.4) is 0 Å². The summed E-state index contributed by atoms with van der Waals surface area (Å²) in [5.74, 6) is 1.73. The predicted octanol–water partition coefficient (Wildman–Crippen LogP) is 3.88. The standard InChI is InChI=1S/C17H33NO/c1-14(2)11-15-7-6-8-16(12-15)18-13-17(19)9-4-3-5-10-17/h14-16,18-19H,3-13H2,1-2H3. The van der Waals surface area contributed by atoms with Crippen LogP contribution in [0.2, 0.25) is 0 Å². The summed E-state index contributed by atoms with van der Waals surface area (Å²) in [6.45, 7) is 5.50. The summed E-state index contributed by atoms with van der Waals surface area (Å²) in [4.78, 5) is 0. The van der Waals surface area contributed by atoms with Gasteiger partial charge in [0.1, 0.15) is 0 Å². The predicted molar refractivity (Wildman–Crippen MR) is 81.2 cm³/mol.